The Morgan fingerprint density at radius 1 is 1.43 bits per heavy atom. The van der Waals surface area contributed by atoms with Crippen LogP contribution >= 0.6 is 22.9 Å². The summed E-state index contributed by atoms with van der Waals surface area (Å²) < 4.78 is 56.6. The minimum Gasteiger partial charge on any atom is -0.475 e. The molecule has 1 atom stereocenters. The van der Waals surface area contributed by atoms with Crippen molar-refractivity contribution < 1.29 is 31.5 Å². The molecule has 1 aliphatic heterocycles. The number of nitrogens with zero attached hydrogens (tertiary/aromatic N) is 3. The van der Waals surface area contributed by atoms with Gasteiger partial charge >= 0.3 is 12.1 Å². The molecule has 14 heteroatoms. The molecule has 2 aromatic heterocycles. The van der Waals surface area contributed by atoms with Crippen molar-refractivity contribution in [3.63, 3.8) is 0 Å². The van der Waals surface area contributed by atoms with Gasteiger partial charge in [0.25, 0.3) is 0 Å². The molecule has 8 nitrogen and oxygen atoms in total. The van der Waals surface area contributed by atoms with Gasteiger partial charge in [-0.25, -0.2) is 23.2 Å². The number of pyridine rings is 1. The lowest BCUT2D eigenvalue weighted by Gasteiger charge is -2.25. The summed E-state index contributed by atoms with van der Waals surface area (Å²) in [7, 11) is -1.57. The predicted molar refractivity (Wildman–Crippen MR) is 106 cm³/mol. The van der Waals surface area contributed by atoms with E-state index in [1.807, 2.05) is 11.9 Å². The molecule has 0 unspecified atom stereocenters. The van der Waals surface area contributed by atoms with E-state index in [2.05, 4.69) is 15.3 Å². The first kappa shape index (κ1) is 24.3. The van der Waals surface area contributed by atoms with Crippen molar-refractivity contribution >= 4 is 44.6 Å². The summed E-state index contributed by atoms with van der Waals surface area (Å²) in [6, 6.07) is 1.79. The molecule has 1 aliphatic rings. The molecule has 0 radical (unpaired) electrons. The molecule has 2 N–H and O–H groups in total. The number of aromatic nitrogens is 2. The van der Waals surface area contributed by atoms with Gasteiger partial charge in [0.05, 0.1) is 26.9 Å². The Hall–Kier alpha value is -1.96. The Balaban J connectivity index is 0.000000396. The zero-order chi connectivity index (χ0) is 22.5. The molecular weight excluding hydrogens is 469 g/mol. The first-order valence-corrected chi connectivity index (χ1v) is 11.4. The van der Waals surface area contributed by atoms with Crippen LogP contribution in [-0.2, 0) is 20.4 Å². The van der Waals surface area contributed by atoms with Crippen molar-refractivity contribution in [2.45, 2.75) is 29.3 Å². The SMILES string of the molecule is CN(c1ncc(S(=O)(=O)Cc2cscn2)cc1Cl)[C@H]1CCNC1.O=C(O)C(F)(F)F. The molecule has 1 saturated heterocycles. The van der Waals surface area contributed by atoms with Crippen molar-refractivity contribution in [1.82, 2.24) is 15.3 Å². The highest BCUT2D eigenvalue weighted by molar-refractivity contribution is 7.90. The van der Waals surface area contributed by atoms with E-state index in [1.165, 1.54) is 23.6 Å². The highest BCUT2D eigenvalue weighted by atomic mass is 35.5. The second kappa shape index (κ2) is 9.90. The van der Waals surface area contributed by atoms with Gasteiger partial charge in [-0.3, -0.25) is 0 Å². The molecule has 2 aromatic rings. The fourth-order valence-corrected chi connectivity index (χ4v) is 4.83. The number of carboxylic acid groups (broad SMARTS) is 1. The Morgan fingerprint density at radius 3 is 2.57 bits per heavy atom. The first-order chi connectivity index (χ1) is 13.9. The Bertz CT molecular complexity index is 965. The number of halogens is 4. The smallest absolute Gasteiger partial charge is 0.475 e. The minimum atomic E-state index is -5.08. The summed E-state index contributed by atoms with van der Waals surface area (Å²) in [5, 5.41) is 12.5. The molecule has 3 rings (SSSR count). The van der Waals surface area contributed by atoms with E-state index in [-0.39, 0.29) is 10.6 Å². The maximum Gasteiger partial charge on any atom is 0.490 e. The Labute approximate surface area is 179 Å². The third-order valence-electron chi connectivity index (χ3n) is 4.14. The van der Waals surface area contributed by atoms with Crippen LogP contribution in [0.25, 0.3) is 0 Å². The van der Waals surface area contributed by atoms with E-state index in [9.17, 15) is 21.6 Å². The largest absolute Gasteiger partial charge is 0.490 e. The number of carbonyl (C=O) groups is 1. The number of thiazole rings is 1. The number of sulfone groups is 1. The van der Waals surface area contributed by atoms with Gasteiger partial charge in [-0.05, 0) is 19.0 Å². The lowest BCUT2D eigenvalue weighted by Crippen LogP contribution is -2.34. The zero-order valence-corrected chi connectivity index (χ0v) is 17.9. The topological polar surface area (TPSA) is 112 Å². The van der Waals surface area contributed by atoms with E-state index in [0.29, 0.717) is 22.6 Å². The molecule has 0 aromatic carbocycles. The molecule has 30 heavy (non-hydrogen) atoms. The van der Waals surface area contributed by atoms with Crippen molar-refractivity contribution in [3.8, 4) is 0 Å². The van der Waals surface area contributed by atoms with Crippen LogP contribution in [0.5, 0.6) is 0 Å². The third-order valence-corrected chi connectivity index (χ3v) is 6.67. The van der Waals surface area contributed by atoms with Crippen molar-refractivity contribution in [1.29, 1.82) is 0 Å². The zero-order valence-electron chi connectivity index (χ0n) is 15.6. The van der Waals surface area contributed by atoms with Gasteiger partial charge in [0, 0.05) is 31.2 Å². The van der Waals surface area contributed by atoms with Crippen molar-refractivity contribution in [2.75, 3.05) is 25.0 Å². The minimum absolute atomic E-state index is 0.122. The second-order valence-electron chi connectivity index (χ2n) is 6.28. The number of anilines is 1. The number of rotatable bonds is 5. The summed E-state index contributed by atoms with van der Waals surface area (Å²) in [6.07, 6.45) is -2.69. The van der Waals surface area contributed by atoms with Gasteiger partial charge in [-0.1, -0.05) is 11.6 Å². The van der Waals surface area contributed by atoms with Crippen LogP contribution in [0.1, 0.15) is 12.1 Å². The fraction of sp³-hybridized carbons (Fsp3) is 0.438. The molecule has 3 heterocycles. The number of hydrogen-bond acceptors (Lipinski definition) is 8. The van der Waals surface area contributed by atoms with E-state index >= 15 is 0 Å². The third kappa shape index (κ3) is 6.52. The lowest BCUT2D eigenvalue weighted by molar-refractivity contribution is -0.192. The molecule has 0 bridgehead atoms. The molecule has 0 saturated carbocycles. The van der Waals surface area contributed by atoms with Gasteiger partial charge < -0.3 is 15.3 Å². The summed E-state index contributed by atoms with van der Waals surface area (Å²) >= 11 is 7.66. The normalized spacial score (nSPS) is 16.6. The highest BCUT2D eigenvalue weighted by Gasteiger charge is 2.38. The summed E-state index contributed by atoms with van der Waals surface area (Å²) in [5.41, 5.74) is 2.15. The van der Waals surface area contributed by atoms with Gasteiger partial charge in [0.2, 0.25) is 0 Å². The van der Waals surface area contributed by atoms with E-state index in [1.54, 1.807) is 10.9 Å². The quantitative estimate of drug-likeness (QED) is 0.663. The van der Waals surface area contributed by atoms with Gasteiger partial charge in [0.15, 0.2) is 9.84 Å². The average molecular weight is 487 g/mol. The van der Waals surface area contributed by atoms with E-state index in [0.717, 1.165) is 19.5 Å². The van der Waals surface area contributed by atoms with Gasteiger partial charge in [-0.15, -0.1) is 11.3 Å². The monoisotopic (exact) mass is 486 g/mol. The molecule has 166 valence electrons. The molecule has 0 amide bonds. The summed E-state index contributed by atoms with van der Waals surface area (Å²) in [6.45, 7) is 1.84. The number of carboxylic acids is 1. The average Bonchev–Trinajstić information content (AvgIpc) is 3.34. The number of aliphatic carboxylic acids is 1. The van der Waals surface area contributed by atoms with Crippen LogP contribution in [-0.4, -0.2) is 61.8 Å². The van der Waals surface area contributed by atoms with Crippen LogP contribution in [0.4, 0.5) is 19.0 Å². The molecule has 0 aliphatic carbocycles. The molecule has 0 spiro atoms. The number of alkyl halides is 3. The van der Waals surface area contributed by atoms with E-state index < -0.39 is 22.0 Å². The number of hydrogen-bond donors (Lipinski definition) is 2. The van der Waals surface area contributed by atoms with Crippen LogP contribution in [0, 0.1) is 0 Å². The maximum atomic E-state index is 12.4. The first-order valence-electron chi connectivity index (χ1n) is 8.41. The Morgan fingerprint density at radius 2 is 2.10 bits per heavy atom. The standard InChI is InChI=1S/C14H17ClN4O2S2.C2HF3O2/c1-19(11-2-3-16-5-11)14-13(15)4-12(6-17-14)23(20,21)8-10-7-22-9-18-10;3-2(4,5)1(6)7/h4,6-7,9,11,16H,2-3,5,8H2,1H3;(H,6,7)/t11-;/m0./s1. The Kier molecular flexibility index (Phi) is 8.02. The van der Waals surface area contributed by atoms with E-state index in [4.69, 9.17) is 21.5 Å². The highest BCUT2D eigenvalue weighted by Crippen LogP contribution is 2.28. The lowest BCUT2D eigenvalue weighted by atomic mass is 10.2. The number of nitrogens with one attached hydrogen (secondary N) is 1. The maximum absolute atomic E-state index is 12.4. The van der Waals surface area contributed by atoms with Crippen LogP contribution in [0.2, 0.25) is 5.02 Å². The molecular formula is C16H18ClF3N4O4S2. The fourth-order valence-electron chi connectivity index (χ4n) is 2.57. The van der Waals surface area contributed by atoms with Gasteiger partial charge in [0.1, 0.15) is 5.82 Å². The van der Waals surface area contributed by atoms with Crippen LogP contribution in [0.15, 0.2) is 28.0 Å². The number of likely N-dealkylation sites (N-methyl/N-ethyl adjacent to an activating group) is 1. The van der Waals surface area contributed by atoms with Gasteiger partial charge in [-0.2, -0.15) is 13.2 Å². The van der Waals surface area contributed by atoms with Crippen molar-refractivity contribution in [2.24, 2.45) is 0 Å². The van der Waals surface area contributed by atoms with Crippen LogP contribution < -0.4 is 10.2 Å². The van der Waals surface area contributed by atoms with Crippen molar-refractivity contribution in [3.05, 3.63) is 33.9 Å². The van der Waals surface area contributed by atoms with Crippen LogP contribution in [0.3, 0.4) is 0 Å². The summed E-state index contributed by atoms with van der Waals surface area (Å²) in [5.74, 6) is -2.29. The molecule has 1 fully saturated rings. The summed E-state index contributed by atoms with van der Waals surface area (Å²) in [4.78, 5) is 19.3. The second-order valence-corrected chi connectivity index (χ2v) is 9.39. The predicted octanol–water partition coefficient (Wildman–Crippen LogP) is 2.60.